The Morgan fingerprint density at radius 3 is 2.70 bits per heavy atom. The number of alkyl halides is 2. The van der Waals surface area contributed by atoms with Gasteiger partial charge in [0, 0.05) is 25.1 Å². The number of hydrogen-bond acceptors (Lipinski definition) is 2. The highest BCUT2D eigenvalue weighted by atomic mass is 19.3. The van der Waals surface area contributed by atoms with E-state index < -0.39 is 5.92 Å². The average Bonchev–Trinajstić information content (AvgIpc) is 2.77. The highest BCUT2D eigenvalue weighted by Crippen LogP contribution is 2.38. The van der Waals surface area contributed by atoms with Gasteiger partial charge in [-0.1, -0.05) is 0 Å². The van der Waals surface area contributed by atoms with Crippen molar-refractivity contribution >= 4 is 11.6 Å². The van der Waals surface area contributed by atoms with Gasteiger partial charge in [-0.25, -0.2) is 8.78 Å². The number of rotatable bonds is 4. The van der Waals surface area contributed by atoms with Gasteiger partial charge in [-0.15, -0.1) is 0 Å². The van der Waals surface area contributed by atoms with Crippen LogP contribution in [0.1, 0.15) is 19.3 Å². The number of methoxy groups -OCH3 is 1. The Morgan fingerprint density at radius 1 is 1.45 bits per heavy atom. The first-order valence-corrected chi connectivity index (χ1v) is 6.57. The summed E-state index contributed by atoms with van der Waals surface area (Å²) in [6, 6.07) is 7.22. The van der Waals surface area contributed by atoms with Crippen LogP contribution in [0.4, 0.5) is 14.5 Å². The lowest BCUT2D eigenvalue weighted by atomic mass is 10.1. The van der Waals surface area contributed by atoms with Crippen LogP contribution in [0.15, 0.2) is 29.3 Å². The Morgan fingerprint density at radius 2 is 2.15 bits per heavy atom. The number of guanidine groups is 1. The van der Waals surface area contributed by atoms with Crippen LogP contribution in [0.5, 0.6) is 5.75 Å². The van der Waals surface area contributed by atoms with Crippen molar-refractivity contribution in [2.24, 2.45) is 16.6 Å². The molecule has 1 aromatic rings. The third-order valence-electron chi connectivity index (χ3n) is 3.39. The predicted octanol–water partition coefficient (Wildman–Crippen LogP) is 2.86. The van der Waals surface area contributed by atoms with Crippen molar-refractivity contribution in [3.05, 3.63) is 24.3 Å². The molecular formula is C14H19F2N3O. The summed E-state index contributed by atoms with van der Waals surface area (Å²) >= 11 is 0. The van der Waals surface area contributed by atoms with Gasteiger partial charge in [0.1, 0.15) is 5.75 Å². The van der Waals surface area contributed by atoms with Crippen molar-refractivity contribution in [3.8, 4) is 5.75 Å². The maximum absolute atomic E-state index is 13.0. The molecule has 1 unspecified atom stereocenters. The zero-order chi connectivity index (χ0) is 14.6. The molecule has 0 heterocycles. The van der Waals surface area contributed by atoms with E-state index in [1.807, 2.05) is 12.1 Å². The number of ether oxygens (including phenoxy) is 1. The van der Waals surface area contributed by atoms with Crippen LogP contribution in [0.3, 0.4) is 0 Å². The van der Waals surface area contributed by atoms with Crippen LogP contribution in [-0.2, 0) is 0 Å². The molecule has 0 spiro atoms. The first kappa shape index (κ1) is 14.6. The van der Waals surface area contributed by atoms with Crippen LogP contribution in [-0.4, -0.2) is 25.5 Å². The van der Waals surface area contributed by atoms with E-state index >= 15 is 0 Å². The van der Waals surface area contributed by atoms with Crippen LogP contribution in [0, 0.1) is 5.92 Å². The Labute approximate surface area is 117 Å². The van der Waals surface area contributed by atoms with Gasteiger partial charge in [0.2, 0.25) is 5.92 Å². The summed E-state index contributed by atoms with van der Waals surface area (Å²) in [5.41, 5.74) is 6.52. The number of nitrogens with zero attached hydrogens (tertiary/aromatic N) is 1. The van der Waals surface area contributed by atoms with E-state index in [-0.39, 0.29) is 24.7 Å². The molecule has 4 nitrogen and oxygen atoms in total. The van der Waals surface area contributed by atoms with E-state index in [2.05, 4.69) is 10.3 Å². The molecule has 20 heavy (non-hydrogen) atoms. The fourth-order valence-corrected chi connectivity index (χ4v) is 2.29. The second-order valence-electron chi connectivity index (χ2n) is 5.04. The van der Waals surface area contributed by atoms with Crippen molar-refractivity contribution in [1.29, 1.82) is 0 Å². The summed E-state index contributed by atoms with van der Waals surface area (Å²) in [5, 5.41) is 2.92. The molecule has 0 aromatic heterocycles. The number of nitrogens with one attached hydrogen (secondary N) is 1. The first-order valence-electron chi connectivity index (χ1n) is 6.57. The van der Waals surface area contributed by atoms with Gasteiger partial charge in [0.15, 0.2) is 5.96 Å². The molecule has 6 heteroatoms. The fourth-order valence-electron chi connectivity index (χ4n) is 2.29. The van der Waals surface area contributed by atoms with Gasteiger partial charge in [-0.05, 0) is 36.6 Å². The molecular weight excluding hydrogens is 264 g/mol. The molecule has 0 amide bonds. The normalized spacial score (nSPS) is 21.8. The topological polar surface area (TPSA) is 59.6 Å². The zero-order valence-corrected chi connectivity index (χ0v) is 11.4. The third-order valence-corrected chi connectivity index (χ3v) is 3.39. The minimum absolute atomic E-state index is 0.0427. The molecule has 1 saturated carbocycles. The highest BCUT2D eigenvalue weighted by molar-refractivity contribution is 5.92. The van der Waals surface area contributed by atoms with E-state index in [1.54, 1.807) is 19.2 Å². The van der Waals surface area contributed by atoms with Crippen molar-refractivity contribution in [2.45, 2.75) is 25.2 Å². The monoisotopic (exact) mass is 283 g/mol. The van der Waals surface area contributed by atoms with Crippen LogP contribution < -0.4 is 15.8 Å². The maximum atomic E-state index is 13.0. The molecule has 2 rings (SSSR count). The SMILES string of the molecule is COc1ccc(NC(N)=NCC2CCC(F)(F)C2)cc1. The quantitative estimate of drug-likeness (QED) is 0.660. The lowest BCUT2D eigenvalue weighted by Crippen LogP contribution is -2.23. The Hall–Kier alpha value is -1.85. The number of hydrogen-bond donors (Lipinski definition) is 2. The molecule has 3 N–H and O–H groups in total. The average molecular weight is 283 g/mol. The number of anilines is 1. The molecule has 1 aliphatic rings. The standard InChI is InChI=1S/C14H19F2N3O/c1-20-12-4-2-11(3-5-12)19-13(17)18-9-10-6-7-14(15,16)8-10/h2-5,10H,6-9H2,1H3,(H3,17,18,19). The van der Waals surface area contributed by atoms with Crippen molar-refractivity contribution < 1.29 is 13.5 Å². The van der Waals surface area contributed by atoms with Crippen molar-refractivity contribution in [3.63, 3.8) is 0 Å². The van der Waals surface area contributed by atoms with E-state index in [0.29, 0.717) is 13.0 Å². The summed E-state index contributed by atoms with van der Waals surface area (Å²) in [6.45, 7) is 0.338. The molecule has 0 radical (unpaired) electrons. The van der Waals surface area contributed by atoms with Gasteiger partial charge in [0.05, 0.1) is 7.11 Å². The molecule has 1 fully saturated rings. The number of benzene rings is 1. The second-order valence-corrected chi connectivity index (χ2v) is 5.04. The molecule has 1 aromatic carbocycles. The van der Waals surface area contributed by atoms with E-state index in [1.165, 1.54) is 0 Å². The Balaban J connectivity index is 1.84. The molecule has 0 saturated heterocycles. The molecule has 0 aliphatic heterocycles. The summed E-state index contributed by atoms with van der Waals surface area (Å²) in [5.74, 6) is -1.62. The second kappa shape index (κ2) is 6.07. The van der Waals surface area contributed by atoms with Gasteiger partial charge in [-0.3, -0.25) is 4.99 Å². The summed E-state index contributed by atoms with van der Waals surface area (Å²) in [6.07, 6.45) is 0.373. The number of aliphatic imine (C=N–C) groups is 1. The summed E-state index contributed by atoms with van der Waals surface area (Å²) < 4.78 is 31.1. The Kier molecular flexibility index (Phi) is 4.42. The maximum Gasteiger partial charge on any atom is 0.248 e. The Bertz CT molecular complexity index is 474. The lowest BCUT2D eigenvalue weighted by Gasteiger charge is -2.10. The molecule has 1 atom stereocenters. The summed E-state index contributed by atoms with van der Waals surface area (Å²) in [4.78, 5) is 4.13. The molecule has 0 bridgehead atoms. The van der Waals surface area contributed by atoms with E-state index in [4.69, 9.17) is 10.5 Å². The van der Waals surface area contributed by atoms with Gasteiger partial charge < -0.3 is 15.8 Å². The van der Waals surface area contributed by atoms with Crippen LogP contribution in [0.25, 0.3) is 0 Å². The van der Waals surface area contributed by atoms with Gasteiger partial charge in [0.25, 0.3) is 0 Å². The smallest absolute Gasteiger partial charge is 0.248 e. The largest absolute Gasteiger partial charge is 0.497 e. The number of halogens is 2. The minimum atomic E-state index is -2.53. The fraction of sp³-hybridized carbons (Fsp3) is 0.500. The molecule has 110 valence electrons. The predicted molar refractivity (Wildman–Crippen MR) is 75.4 cm³/mol. The highest BCUT2D eigenvalue weighted by Gasteiger charge is 2.39. The third kappa shape index (κ3) is 4.08. The van der Waals surface area contributed by atoms with Crippen LogP contribution >= 0.6 is 0 Å². The number of nitrogens with two attached hydrogens (primary N) is 1. The van der Waals surface area contributed by atoms with E-state index in [0.717, 1.165) is 11.4 Å². The first-order chi connectivity index (χ1) is 9.48. The van der Waals surface area contributed by atoms with Crippen LogP contribution in [0.2, 0.25) is 0 Å². The van der Waals surface area contributed by atoms with Crippen molar-refractivity contribution in [1.82, 2.24) is 0 Å². The minimum Gasteiger partial charge on any atom is -0.497 e. The van der Waals surface area contributed by atoms with E-state index in [9.17, 15) is 8.78 Å². The van der Waals surface area contributed by atoms with Gasteiger partial charge >= 0.3 is 0 Å². The zero-order valence-electron chi connectivity index (χ0n) is 11.4. The summed E-state index contributed by atoms with van der Waals surface area (Å²) in [7, 11) is 1.59. The van der Waals surface area contributed by atoms with Crippen molar-refractivity contribution in [2.75, 3.05) is 19.0 Å². The molecule has 1 aliphatic carbocycles. The lowest BCUT2D eigenvalue weighted by molar-refractivity contribution is 0.00542. The van der Waals surface area contributed by atoms with Gasteiger partial charge in [-0.2, -0.15) is 0 Å².